The smallest absolute Gasteiger partial charge is 0.316 e. The van der Waals surface area contributed by atoms with Crippen molar-refractivity contribution >= 4 is 29.2 Å². The van der Waals surface area contributed by atoms with Crippen LogP contribution in [0, 0.1) is 5.92 Å². The number of hydrogen-bond acceptors (Lipinski definition) is 5. The molecule has 0 aromatic heterocycles. The summed E-state index contributed by atoms with van der Waals surface area (Å²) in [6.07, 6.45) is 0.0679. The molecule has 1 aliphatic rings. The van der Waals surface area contributed by atoms with E-state index in [-0.39, 0.29) is 18.9 Å². The molecule has 1 saturated heterocycles. The van der Waals surface area contributed by atoms with Gasteiger partial charge in [0.2, 0.25) is 5.91 Å². The van der Waals surface area contributed by atoms with Gasteiger partial charge >= 0.3 is 5.97 Å². The monoisotopic (exact) mass is 375 g/mol. The van der Waals surface area contributed by atoms with Gasteiger partial charge in [-0.1, -0.05) is 29.8 Å². The number of rotatable bonds is 5. The summed E-state index contributed by atoms with van der Waals surface area (Å²) in [5, 5.41) is 0.353. The number of carbonyl (C=O) groups excluding carboxylic acids is 2. The van der Waals surface area contributed by atoms with E-state index in [1.54, 1.807) is 36.4 Å². The zero-order chi connectivity index (χ0) is 18.7. The van der Waals surface area contributed by atoms with Crippen LogP contribution in [0.4, 0.5) is 5.69 Å². The van der Waals surface area contributed by atoms with Crippen LogP contribution in [0.5, 0.6) is 17.2 Å². The van der Waals surface area contributed by atoms with Crippen molar-refractivity contribution < 1.29 is 23.8 Å². The summed E-state index contributed by atoms with van der Waals surface area (Å²) < 4.78 is 15.9. The van der Waals surface area contributed by atoms with Gasteiger partial charge in [-0.3, -0.25) is 9.59 Å². The molecule has 1 aliphatic heterocycles. The number of halogens is 1. The van der Waals surface area contributed by atoms with Crippen LogP contribution in [-0.4, -0.2) is 32.6 Å². The first-order valence-corrected chi connectivity index (χ1v) is 8.40. The second-order valence-corrected chi connectivity index (χ2v) is 6.21. The van der Waals surface area contributed by atoms with Crippen LogP contribution >= 0.6 is 11.6 Å². The quantitative estimate of drug-likeness (QED) is 0.592. The van der Waals surface area contributed by atoms with E-state index < -0.39 is 11.9 Å². The Hall–Kier alpha value is -2.73. The van der Waals surface area contributed by atoms with Crippen molar-refractivity contribution in [3.05, 3.63) is 47.5 Å². The van der Waals surface area contributed by atoms with Gasteiger partial charge in [0.25, 0.3) is 0 Å². The van der Waals surface area contributed by atoms with Gasteiger partial charge in [0.05, 0.1) is 30.8 Å². The Kier molecular flexibility index (Phi) is 5.32. The molecule has 7 heteroatoms. The van der Waals surface area contributed by atoms with Gasteiger partial charge in [-0.2, -0.15) is 0 Å². The molecule has 1 amide bonds. The molecule has 1 heterocycles. The third-order valence-corrected chi connectivity index (χ3v) is 4.46. The Labute approximate surface area is 156 Å². The summed E-state index contributed by atoms with van der Waals surface area (Å²) in [6, 6.07) is 12.0. The molecule has 0 N–H and O–H groups in total. The highest BCUT2D eigenvalue weighted by Crippen LogP contribution is 2.40. The molecule has 26 heavy (non-hydrogen) atoms. The van der Waals surface area contributed by atoms with Crippen molar-refractivity contribution in [3.63, 3.8) is 0 Å². The maximum atomic E-state index is 12.5. The van der Waals surface area contributed by atoms with Gasteiger partial charge in [-0.15, -0.1) is 0 Å². The lowest BCUT2D eigenvalue weighted by atomic mass is 10.1. The number of carbonyl (C=O) groups is 2. The Bertz CT molecular complexity index is 824. The Morgan fingerprint density at radius 1 is 1.12 bits per heavy atom. The van der Waals surface area contributed by atoms with Crippen molar-refractivity contribution in [2.45, 2.75) is 6.42 Å². The fourth-order valence-electron chi connectivity index (χ4n) is 2.84. The average molecular weight is 376 g/mol. The first-order valence-electron chi connectivity index (χ1n) is 8.02. The molecule has 2 aromatic rings. The van der Waals surface area contributed by atoms with Crippen LogP contribution in [0.15, 0.2) is 42.5 Å². The summed E-state index contributed by atoms with van der Waals surface area (Å²) in [4.78, 5) is 26.3. The molecule has 3 rings (SSSR count). The fraction of sp³-hybridized carbons (Fsp3) is 0.263. The van der Waals surface area contributed by atoms with E-state index in [0.29, 0.717) is 28.0 Å². The number of anilines is 1. The van der Waals surface area contributed by atoms with Gasteiger partial charge in [-0.05, 0) is 18.2 Å². The maximum Gasteiger partial charge on any atom is 0.316 e. The van der Waals surface area contributed by atoms with Crippen LogP contribution in [0.25, 0.3) is 0 Å². The average Bonchev–Trinajstić information content (AvgIpc) is 3.04. The van der Waals surface area contributed by atoms with E-state index >= 15 is 0 Å². The van der Waals surface area contributed by atoms with E-state index in [1.165, 1.54) is 19.1 Å². The molecule has 0 spiro atoms. The summed E-state index contributed by atoms with van der Waals surface area (Å²) in [5.74, 6) is 0.141. The lowest BCUT2D eigenvalue weighted by molar-refractivity contribution is -0.139. The first-order chi connectivity index (χ1) is 12.5. The number of nitrogens with zero attached hydrogens (tertiary/aromatic N) is 1. The normalized spacial score (nSPS) is 16.5. The van der Waals surface area contributed by atoms with E-state index in [0.717, 1.165) is 0 Å². The number of para-hydroxylation sites is 1. The van der Waals surface area contributed by atoms with Crippen molar-refractivity contribution in [3.8, 4) is 17.2 Å². The van der Waals surface area contributed by atoms with Gasteiger partial charge < -0.3 is 19.1 Å². The van der Waals surface area contributed by atoms with E-state index in [4.69, 9.17) is 25.8 Å². The zero-order valence-corrected chi connectivity index (χ0v) is 15.2. The predicted molar refractivity (Wildman–Crippen MR) is 97.1 cm³/mol. The number of benzene rings is 2. The third-order valence-electron chi connectivity index (χ3n) is 4.16. The zero-order valence-electron chi connectivity index (χ0n) is 14.4. The molecule has 0 saturated carbocycles. The minimum Gasteiger partial charge on any atom is -0.495 e. The number of ether oxygens (including phenoxy) is 3. The second kappa shape index (κ2) is 7.66. The molecule has 1 fully saturated rings. The molecule has 6 nitrogen and oxygen atoms in total. The molecule has 0 bridgehead atoms. The van der Waals surface area contributed by atoms with Crippen molar-refractivity contribution in [2.24, 2.45) is 5.92 Å². The molecule has 1 atom stereocenters. The summed E-state index contributed by atoms with van der Waals surface area (Å²) in [7, 11) is 2.99. The van der Waals surface area contributed by atoms with E-state index in [9.17, 15) is 9.59 Å². The summed E-state index contributed by atoms with van der Waals surface area (Å²) >= 11 is 6.18. The molecule has 0 aliphatic carbocycles. The first kappa shape index (κ1) is 18.1. The largest absolute Gasteiger partial charge is 0.495 e. The number of amides is 1. The predicted octanol–water partition coefficient (Wildman–Crippen LogP) is 3.32. The lowest BCUT2D eigenvalue weighted by Gasteiger charge is -2.20. The van der Waals surface area contributed by atoms with Gasteiger partial charge in [0.1, 0.15) is 17.2 Å². The maximum absolute atomic E-state index is 12.5. The Morgan fingerprint density at radius 2 is 1.81 bits per heavy atom. The van der Waals surface area contributed by atoms with Gasteiger partial charge in [0, 0.05) is 19.0 Å². The van der Waals surface area contributed by atoms with Crippen molar-refractivity contribution in [2.75, 3.05) is 25.7 Å². The fourth-order valence-corrected chi connectivity index (χ4v) is 3.08. The van der Waals surface area contributed by atoms with Crippen LogP contribution in [0.2, 0.25) is 5.02 Å². The topological polar surface area (TPSA) is 65.1 Å². The number of hydrogen-bond donors (Lipinski definition) is 0. The molecule has 0 radical (unpaired) electrons. The minimum atomic E-state index is -0.562. The van der Waals surface area contributed by atoms with Crippen molar-refractivity contribution in [1.82, 2.24) is 0 Å². The lowest BCUT2D eigenvalue weighted by Crippen LogP contribution is -2.27. The SMILES string of the molecule is COc1cc(OC)c(N2C[C@H](C(=O)Oc3ccccc3)CC2=O)cc1Cl. The van der Waals surface area contributed by atoms with E-state index in [2.05, 4.69) is 0 Å². The van der Waals surface area contributed by atoms with Crippen LogP contribution in [0.3, 0.4) is 0 Å². The molecule has 0 unspecified atom stereocenters. The highest BCUT2D eigenvalue weighted by molar-refractivity contribution is 6.32. The van der Waals surface area contributed by atoms with Crippen LogP contribution in [-0.2, 0) is 9.59 Å². The van der Waals surface area contributed by atoms with Crippen LogP contribution < -0.4 is 19.1 Å². The minimum absolute atomic E-state index is 0.0679. The highest BCUT2D eigenvalue weighted by atomic mass is 35.5. The molecular formula is C19H18ClNO5. The standard InChI is InChI=1S/C19H18ClNO5/c1-24-16-10-17(25-2)15(9-14(16)20)21-11-12(8-18(21)22)19(23)26-13-6-4-3-5-7-13/h3-7,9-10,12H,8,11H2,1-2H3/t12-/m1/s1. The van der Waals surface area contributed by atoms with Crippen LogP contribution in [0.1, 0.15) is 6.42 Å². The number of methoxy groups -OCH3 is 2. The van der Waals surface area contributed by atoms with Crippen molar-refractivity contribution in [1.29, 1.82) is 0 Å². The Balaban J connectivity index is 1.80. The van der Waals surface area contributed by atoms with Gasteiger partial charge in [0.15, 0.2) is 0 Å². The van der Waals surface area contributed by atoms with E-state index in [1.807, 2.05) is 6.07 Å². The Morgan fingerprint density at radius 3 is 2.46 bits per heavy atom. The summed E-state index contributed by atoms with van der Waals surface area (Å²) in [5.41, 5.74) is 0.498. The molecule has 136 valence electrons. The molecular weight excluding hydrogens is 358 g/mol. The number of esters is 1. The second-order valence-electron chi connectivity index (χ2n) is 5.80. The summed E-state index contributed by atoms with van der Waals surface area (Å²) in [6.45, 7) is 0.198. The van der Waals surface area contributed by atoms with Gasteiger partial charge in [-0.25, -0.2) is 0 Å². The molecule has 2 aromatic carbocycles. The highest BCUT2D eigenvalue weighted by Gasteiger charge is 2.37. The third kappa shape index (κ3) is 3.60.